The molecule has 0 amide bonds. The molecule has 3 heterocycles. The smallest absolute Gasteiger partial charge is 0.213 e. The van der Waals surface area contributed by atoms with Gasteiger partial charge in [-0.1, -0.05) is 53.2 Å². The normalized spacial score (nSPS) is 15.1. The van der Waals surface area contributed by atoms with Crippen molar-refractivity contribution in [2.75, 3.05) is 10.6 Å². The number of hydrogen-bond donors (Lipinski definition) is 2. The average Bonchev–Trinajstić information content (AvgIpc) is 3.74. The van der Waals surface area contributed by atoms with Crippen LogP contribution in [0.3, 0.4) is 0 Å². The summed E-state index contributed by atoms with van der Waals surface area (Å²) in [6, 6.07) is 18.5. The van der Waals surface area contributed by atoms with E-state index in [2.05, 4.69) is 43.1 Å². The first-order valence-electron chi connectivity index (χ1n) is 14.4. The third-order valence-corrected chi connectivity index (χ3v) is 7.68. The summed E-state index contributed by atoms with van der Waals surface area (Å²) in [6.45, 7) is 1.64. The van der Waals surface area contributed by atoms with Gasteiger partial charge in [-0.05, 0) is 49.9 Å². The highest BCUT2D eigenvalue weighted by Gasteiger charge is 2.28. The number of nitrogens with one attached hydrogen (secondary N) is 2. The van der Waals surface area contributed by atoms with Gasteiger partial charge in [0.2, 0.25) is 5.95 Å². The number of fused-ring (bicyclic) bond motifs is 1. The lowest BCUT2D eigenvalue weighted by atomic mass is 10.00. The van der Waals surface area contributed by atoms with Gasteiger partial charge in [0.05, 0.1) is 53.5 Å². The molecule has 1 aliphatic carbocycles. The van der Waals surface area contributed by atoms with E-state index in [0.29, 0.717) is 62.7 Å². The van der Waals surface area contributed by atoms with E-state index in [-0.39, 0.29) is 12.1 Å². The summed E-state index contributed by atoms with van der Waals surface area (Å²) in [4.78, 5) is 8.43. The second-order valence-corrected chi connectivity index (χ2v) is 10.8. The van der Waals surface area contributed by atoms with Crippen LogP contribution in [0.4, 0.5) is 15.8 Å². The predicted molar refractivity (Wildman–Crippen MR) is 162 cm³/mol. The van der Waals surface area contributed by atoms with Crippen LogP contribution in [0.5, 0.6) is 0 Å². The topological polar surface area (TPSA) is 128 Å². The molecule has 1 aliphatic rings. The van der Waals surface area contributed by atoms with E-state index in [1.807, 2.05) is 30.3 Å². The number of halogens is 2. The minimum absolute atomic E-state index is 0.241. The molecule has 6 rings (SSSR count). The van der Waals surface area contributed by atoms with Crippen LogP contribution >= 0.6 is 11.6 Å². The van der Waals surface area contributed by atoms with Crippen molar-refractivity contribution in [3.05, 3.63) is 106 Å². The quantitative estimate of drug-likeness (QED) is 0.163. The molecule has 0 radical (unpaired) electrons. The number of rotatable bonds is 10. The molecule has 1 unspecified atom stereocenters. The van der Waals surface area contributed by atoms with E-state index >= 15 is 0 Å². The molecule has 1 fully saturated rings. The minimum Gasteiger partial charge on any atom is -0.377 e. The minimum atomic E-state index is -1.72. The highest BCUT2D eigenvalue weighted by molar-refractivity contribution is 6.35. The van der Waals surface area contributed by atoms with Gasteiger partial charge in [0, 0.05) is 34.9 Å². The van der Waals surface area contributed by atoms with Crippen LogP contribution in [0.2, 0.25) is 5.02 Å². The van der Waals surface area contributed by atoms with Gasteiger partial charge >= 0.3 is 0 Å². The third-order valence-electron chi connectivity index (χ3n) is 7.39. The molecular weight excluding hydrogens is 565 g/mol. The van der Waals surface area contributed by atoms with Gasteiger partial charge in [0.25, 0.3) is 0 Å². The highest BCUT2D eigenvalue weighted by Crippen LogP contribution is 2.39. The van der Waals surface area contributed by atoms with E-state index in [1.165, 1.54) is 18.3 Å². The standard InChI is InChI=1S/C32H27ClFN9/c1-19-24(11-12-29(34)38-19)32(28-18-43(42-41-28)23-9-10-23)39-22-14-25-30(21(16-36)17-37-31(25)26(33)15-22)40-27(8-5-13-35)20-6-3-2-4-7-20/h2-4,6-7,11-12,14-15,17-18,23,27,32,39H,5,8-10H2,1H3,(H,37,40)/t27-,32?/m1/s1/i32D. The number of nitriles is 2. The van der Waals surface area contributed by atoms with Gasteiger partial charge < -0.3 is 10.6 Å². The molecule has 2 N–H and O–H groups in total. The fourth-order valence-corrected chi connectivity index (χ4v) is 5.35. The van der Waals surface area contributed by atoms with Gasteiger partial charge in [-0.25, -0.2) is 9.67 Å². The molecule has 2 aromatic carbocycles. The number of hydrogen-bond acceptors (Lipinski definition) is 8. The molecule has 1 saturated carbocycles. The van der Waals surface area contributed by atoms with Gasteiger partial charge in [-0.3, -0.25) is 4.98 Å². The van der Waals surface area contributed by atoms with Gasteiger partial charge in [-0.2, -0.15) is 14.9 Å². The van der Waals surface area contributed by atoms with Crippen molar-refractivity contribution >= 4 is 33.9 Å². The fraction of sp³-hybridized carbons (Fsp3) is 0.250. The maximum atomic E-state index is 14.0. The zero-order chi connectivity index (χ0) is 30.8. The van der Waals surface area contributed by atoms with Gasteiger partial charge in [0.15, 0.2) is 0 Å². The Labute approximate surface area is 254 Å². The summed E-state index contributed by atoms with van der Waals surface area (Å²) in [7, 11) is 0. The Morgan fingerprint density at radius 1 is 1.16 bits per heavy atom. The number of aromatic nitrogens is 5. The van der Waals surface area contributed by atoms with E-state index in [1.54, 1.807) is 29.9 Å². The monoisotopic (exact) mass is 592 g/mol. The Kier molecular flexibility index (Phi) is 7.51. The predicted octanol–water partition coefficient (Wildman–Crippen LogP) is 7.19. The molecule has 0 spiro atoms. The van der Waals surface area contributed by atoms with Gasteiger partial charge in [-0.15, -0.1) is 5.10 Å². The van der Waals surface area contributed by atoms with Crippen molar-refractivity contribution < 1.29 is 5.76 Å². The Hall–Kier alpha value is -5.06. The molecule has 3 aromatic heterocycles. The maximum Gasteiger partial charge on any atom is 0.213 e. The lowest BCUT2D eigenvalue weighted by Gasteiger charge is -2.23. The largest absolute Gasteiger partial charge is 0.377 e. The fourth-order valence-electron chi connectivity index (χ4n) is 5.08. The van der Waals surface area contributed by atoms with Crippen molar-refractivity contribution in [3.63, 3.8) is 0 Å². The summed E-state index contributed by atoms with van der Waals surface area (Å²) in [5, 5.41) is 35.5. The first-order valence-corrected chi connectivity index (χ1v) is 14.2. The Bertz CT molecular complexity index is 1930. The first-order chi connectivity index (χ1) is 21.3. The molecule has 2 atom stereocenters. The van der Waals surface area contributed by atoms with Crippen molar-refractivity contribution in [2.45, 2.75) is 50.7 Å². The van der Waals surface area contributed by atoms with E-state index in [9.17, 15) is 16.3 Å². The van der Waals surface area contributed by atoms with E-state index in [0.717, 1.165) is 18.4 Å². The average molecular weight is 593 g/mol. The van der Waals surface area contributed by atoms with Crippen LogP contribution in [0.15, 0.2) is 67.0 Å². The summed E-state index contributed by atoms with van der Waals surface area (Å²) >= 11 is 6.78. The molecule has 0 bridgehead atoms. The second-order valence-electron chi connectivity index (χ2n) is 10.4. The summed E-state index contributed by atoms with van der Waals surface area (Å²) in [6.07, 6.45) is 5.98. The lowest BCUT2D eigenvalue weighted by molar-refractivity contribution is 0.577. The van der Waals surface area contributed by atoms with Gasteiger partial charge in [0.1, 0.15) is 11.8 Å². The maximum absolute atomic E-state index is 14.0. The Morgan fingerprint density at radius 3 is 2.70 bits per heavy atom. The molecule has 0 saturated heterocycles. The van der Waals surface area contributed by atoms with Crippen molar-refractivity contribution in [1.29, 1.82) is 10.5 Å². The molecule has 0 aliphatic heterocycles. The number of nitrogens with zero attached hydrogens (tertiary/aromatic N) is 7. The summed E-state index contributed by atoms with van der Waals surface area (Å²) in [5.74, 6) is -0.654. The third kappa shape index (κ3) is 5.97. The van der Waals surface area contributed by atoms with Crippen molar-refractivity contribution in [3.8, 4) is 12.1 Å². The van der Waals surface area contributed by atoms with Crippen LogP contribution in [0.25, 0.3) is 10.9 Å². The van der Waals surface area contributed by atoms with Crippen LogP contribution in [0.1, 0.15) is 73.2 Å². The zero-order valence-electron chi connectivity index (χ0n) is 24.2. The molecule has 11 heteroatoms. The van der Waals surface area contributed by atoms with E-state index in [4.69, 9.17) is 11.6 Å². The van der Waals surface area contributed by atoms with Crippen LogP contribution in [-0.2, 0) is 0 Å². The van der Waals surface area contributed by atoms with Crippen molar-refractivity contribution in [1.82, 2.24) is 25.0 Å². The van der Waals surface area contributed by atoms with Crippen LogP contribution < -0.4 is 10.6 Å². The number of aryl methyl sites for hydroxylation is 1. The molecule has 5 aromatic rings. The summed E-state index contributed by atoms with van der Waals surface area (Å²) in [5.41, 5.74) is 3.67. The van der Waals surface area contributed by atoms with Crippen molar-refractivity contribution in [2.24, 2.45) is 0 Å². The second kappa shape index (κ2) is 12.0. The summed E-state index contributed by atoms with van der Waals surface area (Å²) < 4.78 is 25.5. The number of anilines is 2. The SMILES string of the molecule is [2H]C(Nc1cc(Cl)c2ncc(C#N)c(N[C@H](CCC#N)c3ccccc3)c2c1)(c1cn(C2CC2)nn1)c1ccc(F)nc1C. The molecular formula is C32H27ClFN9. The zero-order valence-corrected chi connectivity index (χ0v) is 24.0. The Balaban J connectivity index is 1.47. The molecule has 9 nitrogen and oxygen atoms in total. The number of benzene rings is 2. The van der Waals surface area contributed by atoms with Crippen LogP contribution in [-0.4, -0.2) is 25.0 Å². The Morgan fingerprint density at radius 2 is 1.98 bits per heavy atom. The number of pyridine rings is 2. The highest BCUT2D eigenvalue weighted by atomic mass is 35.5. The molecule has 214 valence electrons. The molecule has 43 heavy (non-hydrogen) atoms. The van der Waals surface area contributed by atoms with E-state index < -0.39 is 12.0 Å². The first kappa shape index (κ1) is 26.8. The lowest BCUT2D eigenvalue weighted by Crippen LogP contribution is -2.16. The van der Waals surface area contributed by atoms with Crippen LogP contribution in [0, 0.1) is 35.5 Å².